The first kappa shape index (κ1) is 22.5. The van der Waals surface area contributed by atoms with E-state index in [2.05, 4.69) is 30.1 Å². The van der Waals surface area contributed by atoms with E-state index in [-0.39, 0.29) is 18.5 Å². The van der Waals surface area contributed by atoms with E-state index in [4.69, 9.17) is 4.74 Å². The maximum atomic E-state index is 12.8. The molecule has 1 fully saturated rings. The number of carbonyl (C=O) groups is 2. The summed E-state index contributed by atoms with van der Waals surface area (Å²) in [5.74, 6) is 0.581. The van der Waals surface area contributed by atoms with Crippen LogP contribution in [0.25, 0.3) is 0 Å². The van der Waals surface area contributed by atoms with Gasteiger partial charge in [-0.2, -0.15) is 0 Å². The van der Waals surface area contributed by atoms with Crippen molar-refractivity contribution in [3.63, 3.8) is 0 Å². The topological polar surface area (TPSA) is 65.1 Å². The molecule has 1 aliphatic heterocycles. The Hall–Kier alpha value is -3.22. The van der Waals surface area contributed by atoms with E-state index in [0.717, 1.165) is 41.5 Å². The maximum absolute atomic E-state index is 12.8. The predicted molar refractivity (Wildman–Crippen MR) is 125 cm³/mol. The summed E-state index contributed by atoms with van der Waals surface area (Å²) in [6, 6.07) is 13.3. The minimum absolute atomic E-state index is 0.0313. The van der Waals surface area contributed by atoms with Crippen molar-refractivity contribution < 1.29 is 14.3 Å². The summed E-state index contributed by atoms with van der Waals surface area (Å²) in [7, 11) is 0. The number of nitrogens with zero attached hydrogens (tertiary/aromatic N) is 3. The molecular formula is C24H32N4O3. The largest absolute Gasteiger partial charge is 0.494 e. The molecule has 3 rings (SSSR count). The Morgan fingerprint density at radius 2 is 1.77 bits per heavy atom. The van der Waals surface area contributed by atoms with E-state index in [1.807, 2.05) is 50.2 Å². The van der Waals surface area contributed by atoms with Crippen LogP contribution in [0, 0.1) is 6.92 Å². The standard InChI is InChI=1S/C24H32N4O3/c1-5-26(6-2)20-10-13-22(18(4)16-20)25-23(29)17-27-14-15-28(24(27)30)19-8-11-21(12-9-19)31-7-3/h8-13,16H,5-7,14-15,17H2,1-4H3,(H,25,29). The minimum Gasteiger partial charge on any atom is -0.494 e. The van der Waals surface area contributed by atoms with Crippen LogP contribution in [0.15, 0.2) is 42.5 Å². The van der Waals surface area contributed by atoms with Gasteiger partial charge < -0.3 is 19.9 Å². The molecule has 3 amide bonds. The van der Waals surface area contributed by atoms with Crippen molar-refractivity contribution in [2.45, 2.75) is 27.7 Å². The van der Waals surface area contributed by atoms with Crippen LogP contribution in [-0.2, 0) is 4.79 Å². The third kappa shape index (κ3) is 5.29. The molecule has 7 nitrogen and oxygen atoms in total. The maximum Gasteiger partial charge on any atom is 0.325 e. The van der Waals surface area contributed by atoms with Crippen LogP contribution in [0.1, 0.15) is 26.3 Å². The highest BCUT2D eigenvalue weighted by Crippen LogP contribution is 2.25. The smallest absolute Gasteiger partial charge is 0.325 e. The van der Waals surface area contributed by atoms with Crippen LogP contribution in [0.2, 0.25) is 0 Å². The number of benzene rings is 2. The van der Waals surface area contributed by atoms with E-state index >= 15 is 0 Å². The minimum atomic E-state index is -0.194. The van der Waals surface area contributed by atoms with Gasteiger partial charge in [0.15, 0.2) is 0 Å². The molecule has 0 saturated carbocycles. The fourth-order valence-corrected chi connectivity index (χ4v) is 3.79. The van der Waals surface area contributed by atoms with Crippen LogP contribution in [0.5, 0.6) is 5.75 Å². The zero-order chi connectivity index (χ0) is 22.4. The molecule has 0 radical (unpaired) electrons. The quantitative estimate of drug-likeness (QED) is 0.658. The van der Waals surface area contributed by atoms with E-state index in [1.54, 1.807) is 9.80 Å². The Morgan fingerprint density at radius 1 is 1.06 bits per heavy atom. The molecule has 7 heteroatoms. The molecular weight excluding hydrogens is 392 g/mol. The summed E-state index contributed by atoms with van der Waals surface area (Å²) in [5, 5.41) is 2.95. The molecule has 1 N–H and O–H groups in total. The van der Waals surface area contributed by atoms with Gasteiger partial charge in [0.05, 0.1) is 6.61 Å². The average Bonchev–Trinajstić information content (AvgIpc) is 3.11. The summed E-state index contributed by atoms with van der Waals surface area (Å²) in [5.41, 5.74) is 3.72. The van der Waals surface area contributed by atoms with Crippen molar-refractivity contribution >= 4 is 29.0 Å². The lowest BCUT2D eigenvalue weighted by Crippen LogP contribution is -2.37. The van der Waals surface area contributed by atoms with Gasteiger partial charge in [0, 0.05) is 43.2 Å². The lowest BCUT2D eigenvalue weighted by Gasteiger charge is -2.22. The highest BCUT2D eigenvalue weighted by molar-refractivity contribution is 5.99. The van der Waals surface area contributed by atoms with Gasteiger partial charge in [-0.1, -0.05) is 0 Å². The van der Waals surface area contributed by atoms with Gasteiger partial charge in [0.1, 0.15) is 12.3 Å². The van der Waals surface area contributed by atoms with E-state index in [9.17, 15) is 9.59 Å². The van der Waals surface area contributed by atoms with Crippen molar-refractivity contribution in [2.75, 3.05) is 54.4 Å². The molecule has 0 bridgehead atoms. The van der Waals surface area contributed by atoms with Gasteiger partial charge in [-0.3, -0.25) is 9.69 Å². The zero-order valence-electron chi connectivity index (χ0n) is 18.9. The van der Waals surface area contributed by atoms with E-state index < -0.39 is 0 Å². The number of urea groups is 1. The second-order valence-electron chi connectivity index (χ2n) is 7.50. The molecule has 31 heavy (non-hydrogen) atoms. The van der Waals surface area contributed by atoms with Crippen molar-refractivity contribution in [2.24, 2.45) is 0 Å². The Labute approximate surface area is 184 Å². The first-order chi connectivity index (χ1) is 15.0. The monoisotopic (exact) mass is 424 g/mol. The number of ether oxygens (including phenoxy) is 1. The van der Waals surface area contributed by atoms with Crippen LogP contribution >= 0.6 is 0 Å². The number of rotatable bonds is 9. The van der Waals surface area contributed by atoms with Gasteiger partial charge in [-0.05, 0) is 75.7 Å². The van der Waals surface area contributed by atoms with Crippen molar-refractivity contribution in [3.8, 4) is 5.75 Å². The highest BCUT2D eigenvalue weighted by atomic mass is 16.5. The normalized spacial score (nSPS) is 13.5. The van der Waals surface area contributed by atoms with Gasteiger partial charge in [0.2, 0.25) is 5.91 Å². The van der Waals surface area contributed by atoms with Gasteiger partial charge in [-0.25, -0.2) is 4.79 Å². The van der Waals surface area contributed by atoms with E-state index in [0.29, 0.717) is 19.7 Å². The average molecular weight is 425 g/mol. The Kier molecular flexibility index (Phi) is 7.39. The second kappa shape index (κ2) is 10.2. The fraction of sp³-hybridized carbons (Fsp3) is 0.417. The van der Waals surface area contributed by atoms with Crippen molar-refractivity contribution in [1.82, 2.24) is 4.90 Å². The van der Waals surface area contributed by atoms with Crippen LogP contribution < -0.4 is 19.9 Å². The molecule has 0 atom stereocenters. The summed E-state index contributed by atoms with van der Waals surface area (Å²) in [6.07, 6.45) is 0. The molecule has 0 aromatic heterocycles. The Balaban J connectivity index is 1.59. The molecule has 1 aliphatic rings. The SMILES string of the molecule is CCOc1ccc(N2CCN(CC(=O)Nc3ccc(N(CC)CC)cc3C)C2=O)cc1. The number of anilines is 3. The molecule has 166 valence electrons. The van der Waals surface area contributed by atoms with Crippen LogP contribution in [0.3, 0.4) is 0 Å². The third-order valence-electron chi connectivity index (χ3n) is 5.50. The molecule has 0 aliphatic carbocycles. The van der Waals surface area contributed by atoms with Gasteiger partial charge in [0.25, 0.3) is 0 Å². The number of hydrogen-bond acceptors (Lipinski definition) is 4. The molecule has 0 unspecified atom stereocenters. The molecule has 2 aromatic carbocycles. The van der Waals surface area contributed by atoms with Gasteiger partial charge >= 0.3 is 6.03 Å². The number of hydrogen-bond donors (Lipinski definition) is 1. The number of nitrogens with one attached hydrogen (secondary N) is 1. The lowest BCUT2D eigenvalue weighted by atomic mass is 10.1. The summed E-state index contributed by atoms with van der Waals surface area (Å²) >= 11 is 0. The van der Waals surface area contributed by atoms with Gasteiger partial charge in [-0.15, -0.1) is 0 Å². The van der Waals surface area contributed by atoms with Crippen LogP contribution in [0.4, 0.5) is 21.9 Å². The second-order valence-corrected chi connectivity index (χ2v) is 7.50. The fourth-order valence-electron chi connectivity index (χ4n) is 3.79. The first-order valence-electron chi connectivity index (χ1n) is 10.9. The molecule has 2 aromatic rings. The molecule has 0 spiro atoms. The van der Waals surface area contributed by atoms with E-state index in [1.165, 1.54) is 0 Å². The third-order valence-corrected chi connectivity index (χ3v) is 5.50. The van der Waals surface area contributed by atoms with Crippen LogP contribution in [-0.4, -0.2) is 56.2 Å². The zero-order valence-corrected chi connectivity index (χ0v) is 18.9. The number of amides is 3. The summed E-state index contributed by atoms with van der Waals surface area (Å²) < 4.78 is 5.45. The first-order valence-corrected chi connectivity index (χ1v) is 10.9. The highest BCUT2D eigenvalue weighted by Gasteiger charge is 2.30. The van der Waals surface area contributed by atoms with Crippen molar-refractivity contribution in [3.05, 3.63) is 48.0 Å². The molecule has 1 heterocycles. The number of aryl methyl sites for hydroxylation is 1. The summed E-state index contributed by atoms with van der Waals surface area (Å²) in [4.78, 5) is 30.9. The van der Waals surface area contributed by atoms with Crippen molar-refractivity contribution in [1.29, 1.82) is 0 Å². The molecule has 1 saturated heterocycles. The predicted octanol–water partition coefficient (Wildman–Crippen LogP) is 4.12. The lowest BCUT2D eigenvalue weighted by molar-refractivity contribution is -0.116. The number of carbonyl (C=O) groups excluding carboxylic acids is 2. The Bertz CT molecular complexity index is 910. The summed E-state index contributed by atoms with van der Waals surface area (Å²) in [6.45, 7) is 11.7. The Morgan fingerprint density at radius 3 is 2.39 bits per heavy atom.